The third kappa shape index (κ3) is 8.50. The summed E-state index contributed by atoms with van der Waals surface area (Å²) in [6.07, 6.45) is 3.86. The Balaban J connectivity index is 1.59. The first-order chi connectivity index (χ1) is 22.7. The molecule has 1 atom stereocenters. The number of halogens is 2. The van der Waals surface area contributed by atoms with Gasteiger partial charge in [-0.15, -0.1) is 0 Å². The third-order valence-corrected chi connectivity index (χ3v) is 10.3. The van der Waals surface area contributed by atoms with Crippen LogP contribution < -0.4 is 14.4 Å². The largest absolute Gasteiger partial charge is 0.495 e. The fourth-order valence-corrected chi connectivity index (χ4v) is 7.40. The molecule has 4 aromatic carbocycles. The normalized spacial score (nSPS) is 13.9. The van der Waals surface area contributed by atoms with Crippen molar-refractivity contribution in [2.24, 2.45) is 0 Å². The molecule has 5 rings (SSSR count). The van der Waals surface area contributed by atoms with Gasteiger partial charge in [-0.25, -0.2) is 12.8 Å². The van der Waals surface area contributed by atoms with Crippen molar-refractivity contribution >= 4 is 39.1 Å². The minimum absolute atomic E-state index is 0.0192. The van der Waals surface area contributed by atoms with Gasteiger partial charge in [0, 0.05) is 24.0 Å². The first kappa shape index (κ1) is 33.9. The summed E-state index contributed by atoms with van der Waals surface area (Å²) >= 11 is 6.34. The number of rotatable bonds is 13. The molecule has 1 N–H and O–H groups in total. The molecule has 11 heteroatoms. The van der Waals surface area contributed by atoms with Gasteiger partial charge in [-0.2, -0.15) is 0 Å². The van der Waals surface area contributed by atoms with Crippen LogP contribution in [0.1, 0.15) is 36.8 Å². The Morgan fingerprint density at radius 1 is 0.915 bits per heavy atom. The molecule has 0 heterocycles. The van der Waals surface area contributed by atoms with Crippen LogP contribution in [0, 0.1) is 5.82 Å². The Kier molecular flexibility index (Phi) is 11.2. The molecule has 1 aliphatic carbocycles. The maximum absolute atomic E-state index is 14.6. The molecule has 0 unspecified atom stereocenters. The van der Waals surface area contributed by atoms with Crippen LogP contribution in [0.5, 0.6) is 5.75 Å². The SMILES string of the molecule is COc1ccc(Cl)cc1N(CC(=O)N(Cc1ccc(F)cc1)[C@@H](Cc1ccccc1)C(=O)NC1CCCC1)S(=O)(=O)c1ccccc1. The lowest BCUT2D eigenvalue weighted by Crippen LogP contribution is -2.54. The van der Waals surface area contributed by atoms with E-state index in [-0.39, 0.29) is 46.3 Å². The van der Waals surface area contributed by atoms with E-state index >= 15 is 0 Å². The molecule has 4 aromatic rings. The van der Waals surface area contributed by atoms with Crippen molar-refractivity contribution in [1.29, 1.82) is 0 Å². The number of benzene rings is 4. The summed E-state index contributed by atoms with van der Waals surface area (Å²) < 4.78 is 48.8. The average Bonchev–Trinajstić information content (AvgIpc) is 3.59. The molecule has 0 aromatic heterocycles. The summed E-state index contributed by atoms with van der Waals surface area (Å²) in [6, 6.07) is 26.2. The molecule has 8 nitrogen and oxygen atoms in total. The van der Waals surface area contributed by atoms with Gasteiger partial charge in [-0.3, -0.25) is 13.9 Å². The number of methoxy groups -OCH3 is 1. The topological polar surface area (TPSA) is 96.0 Å². The highest BCUT2D eigenvalue weighted by Crippen LogP contribution is 2.35. The van der Waals surface area contributed by atoms with Crippen molar-refractivity contribution < 1.29 is 27.1 Å². The third-order valence-electron chi connectivity index (χ3n) is 8.26. The Morgan fingerprint density at radius 3 is 2.19 bits per heavy atom. The van der Waals surface area contributed by atoms with Crippen LogP contribution in [0.2, 0.25) is 5.02 Å². The van der Waals surface area contributed by atoms with Crippen molar-refractivity contribution in [2.45, 2.75) is 55.6 Å². The molecule has 1 fully saturated rings. The molecule has 0 radical (unpaired) electrons. The van der Waals surface area contributed by atoms with E-state index in [9.17, 15) is 22.4 Å². The summed E-state index contributed by atoms with van der Waals surface area (Å²) in [5.74, 6) is -1.24. The molecule has 0 aliphatic heterocycles. The molecule has 1 saturated carbocycles. The second kappa shape index (κ2) is 15.5. The average molecular weight is 678 g/mol. The van der Waals surface area contributed by atoms with Crippen molar-refractivity contribution in [1.82, 2.24) is 10.2 Å². The number of carbonyl (C=O) groups excluding carboxylic acids is 2. The first-order valence-corrected chi connectivity index (χ1v) is 17.3. The quantitative estimate of drug-likeness (QED) is 0.177. The van der Waals surface area contributed by atoms with Crippen LogP contribution in [-0.4, -0.2) is 50.9 Å². The zero-order valence-corrected chi connectivity index (χ0v) is 27.6. The van der Waals surface area contributed by atoms with Gasteiger partial charge >= 0.3 is 0 Å². The van der Waals surface area contributed by atoms with Crippen LogP contribution in [0.25, 0.3) is 0 Å². The molecular weight excluding hydrogens is 641 g/mol. The predicted molar refractivity (Wildman–Crippen MR) is 180 cm³/mol. The van der Waals surface area contributed by atoms with Crippen molar-refractivity contribution in [3.63, 3.8) is 0 Å². The second-order valence-electron chi connectivity index (χ2n) is 11.5. The highest BCUT2D eigenvalue weighted by Gasteiger charge is 2.36. The number of ether oxygens (including phenoxy) is 1. The first-order valence-electron chi connectivity index (χ1n) is 15.5. The number of hydrogen-bond acceptors (Lipinski definition) is 5. The van der Waals surface area contributed by atoms with E-state index < -0.39 is 34.3 Å². The minimum Gasteiger partial charge on any atom is -0.495 e. The highest BCUT2D eigenvalue weighted by atomic mass is 35.5. The monoisotopic (exact) mass is 677 g/mol. The van der Waals surface area contributed by atoms with E-state index in [0.29, 0.717) is 5.56 Å². The van der Waals surface area contributed by atoms with Gasteiger partial charge in [-0.05, 0) is 66.4 Å². The van der Waals surface area contributed by atoms with Crippen molar-refractivity contribution in [3.8, 4) is 5.75 Å². The highest BCUT2D eigenvalue weighted by molar-refractivity contribution is 7.92. The van der Waals surface area contributed by atoms with E-state index in [1.54, 1.807) is 36.4 Å². The maximum atomic E-state index is 14.6. The summed E-state index contributed by atoms with van der Waals surface area (Å²) in [5, 5.41) is 3.37. The van der Waals surface area contributed by atoms with E-state index in [1.807, 2.05) is 30.3 Å². The summed E-state index contributed by atoms with van der Waals surface area (Å²) in [6.45, 7) is -0.738. The number of anilines is 1. The number of hydrogen-bond donors (Lipinski definition) is 1. The van der Waals surface area contributed by atoms with Crippen molar-refractivity contribution in [3.05, 3.63) is 125 Å². The molecule has 0 spiro atoms. The fraction of sp³-hybridized carbons (Fsp3) is 0.278. The molecule has 2 amide bonds. The lowest BCUT2D eigenvalue weighted by Gasteiger charge is -2.34. The summed E-state index contributed by atoms with van der Waals surface area (Å²) in [7, 11) is -2.94. The standard InChI is InChI=1S/C36H37ClFN3O5S/c1-46-34-21-18-28(37)23-32(34)41(47(44,45)31-14-6-3-7-15-31)25-35(42)40(24-27-16-19-29(38)20-17-27)33(22-26-10-4-2-5-11-26)36(43)39-30-12-8-9-13-30/h2-7,10-11,14-21,23,30,33H,8-9,12-13,22,24-25H2,1H3,(H,39,43)/t33-/m0/s1. The Morgan fingerprint density at radius 2 is 1.55 bits per heavy atom. The molecule has 1 aliphatic rings. The summed E-state index contributed by atoms with van der Waals surface area (Å²) in [4.78, 5) is 30.0. The van der Waals surface area contributed by atoms with Gasteiger partial charge in [0.15, 0.2) is 0 Å². The fourth-order valence-electron chi connectivity index (χ4n) is 5.80. The molecule has 246 valence electrons. The van der Waals surface area contributed by atoms with Crippen LogP contribution in [-0.2, 0) is 32.6 Å². The van der Waals surface area contributed by atoms with Crippen LogP contribution in [0.15, 0.2) is 108 Å². The van der Waals surface area contributed by atoms with Gasteiger partial charge in [-0.1, -0.05) is 85.1 Å². The Bertz CT molecular complexity index is 1770. The molecular formula is C36H37ClFN3O5S. The number of amides is 2. The zero-order valence-electron chi connectivity index (χ0n) is 26.0. The Labute approximate surface area is 280 Å². The molecule has 0 saturated heterocycles. The van der Waals surface area contributed by atoms with Crippen LogP contribution >= 0.6 is 11.6 Å². The van der Waals surface area contributed by atoms with Crippen LogP contribution in [0.4, 0.5) is 10.1 Å². The van der Waals surface area contributed by atoms with Gasteiger partial charge in [0.25, 0.3) is 10.0 Å². The van der Waals surface area contributed by atoms with Crippen LogP contribution in [0.3, 0.4) is 0 Å². The van der Waals surface area contributed by atoms with Gasteiger partial charge in [0.05, 0.1) is 17.7 Å². The van der Waals surface area contributed by atoms with E-state index in [0.717, 1.165) is 35.6 Å². The molecule has 0 bridgehead atoms. The minimum atomic E-state index is -4.34. The number of nitrogens with one attached hydrogen (secondary N) is 1. The summed E-state index contributed by atoms with van der Waals surface area (Å²) in [5.41, 5.74) is 1.46. The number of nitrogens with zero attached hydrogens (tertiary/aromatic N) is 2. The van der Waals surface area contributed by atoms with Crippen molar-refractivity contribution in [2.75, 3.05) is 18.0 Å². The second-order valence-corrected chi connectivity index (χ2v) is 13.8. The van der Waals surface area contributed by atoms with E-state index in [2.05, 4.69) is 5.32 Å². The Hall–Kier alpha value is -4.41. The van der Waals surface area contributed by atoms with Gasteiger partial charge < -0.3 is 15.0 Å². The smallest absolute Gasteiger partial charge is 0.264 e. The lowest BCUT2D eigenvalue weighted by molar-refractivity contribution is -0.140. The van der Waals surface area contributed by atoms with E-state index in [4.69, 9.17) is 16.3 Å². The van der Waals surface area contributed by atoms with E-state index in [1.165, 1.54) is 48.4 Å². The predicted octanol–water partition coefficient (Wildman–Crippen LogP) is 6.38. The number of sulfonamides is 1. The number of carbonyl (C=O) groups is 2. The zero-order chi connectivity index (χ0) is 33.4. The van der Waals surface area contributed by atoms with Gasteiger partial charge in [0.2, 0.25) is 11.8 Å². The lowest BCUT2D eigenvalue weighted by atomic mass is 10.0. The van der Waals surface area contributed by atoms with Gasteiger partial charge in [0.1, 0.15) is 24.2 Å². The molecule has 47 heavy (non-hydrogen) atoms. The maximum Gasteiger partial charge on any atom is 0.264 e.